The highest BCUT2D eigenvalue weighted by atomic mass is 14.8. The number of nitrogens with zero attached hydrogens (tertiary/aromatic N) is 2. The van der Waals surface area contributed by atoms with Crippen LogP contribution in [0, 0.1) is 19.1 Å². The molecule has 2 heteroatoms. The molecule has 0 spiro atoms. The average molecular weight is 192 g/mol. The SMILES string of the molecule is Cc1ccc2nc3cc#ccc3nc2c1. The fraction of sp³-hybridized carbons (Fsp3) is 0.0769. The first kappa shape index (κ1) is 8.19. The van der Waals surface area contributed by atoms with E-state index in [1.165, 1.54) is 5.56 Å². The minimum Gasteiger partial charge on any atom is -0.244 e. The molecule has 0 aliphatic heterocycles. The first-order chi connectivity index (χ1) is 7.33. The van der Waals surface area contributed by atoms with Gasteiger partial charge in [-0.05, 0) is 24.6 Å². The van der Waals surface area contributed by atoms with Gasteiger partial charge in [0.1, 0.15) is 0 Å². The number of fused-ring (bicyclic) bond motifs is 2. The van der Waals surface area contributed by atoms with Crippen LogP contribution in [0.25, 0.3) is 22.1 Å². The maximum atomic E-state index is 4.52. The largest absolute Gasteiger partial charge is 0.244 e. The first-order valence-electron chi connectivity index (χ1n) is 4.79. The van der Waals surface area contributed by atoms with Crippen molar-refractivity contribution < 1.29 is 0 Å². The van der Waals surface area contributed by atoms with E-state index in [1.807, 2.05) is 30.3 Å². The molecule has 0 bridgehead atoms. The van der Waals surface area contributed by atoms with Crippen LogP contribution in [-0.4, -0.2) is 9.97 Å². The number of hydrogen-bond acceptors (Lipinski definition) is 2. The summed E-state index contributed by atoms with van der Waals surface area (Å²) in [5, 5.41) is 0. The summed E-state index contributed by atoms with van der Waals surface area (Å²) < 4.78 is 0. The van der Waals surface area contributed by atoms with E-state index in [9.17, 15) is 0 Å². The topological polar surface area (TPSA) is 25.8 Å². The minimum absolute atomic E-state index is 0.866. The molecule has 0 saturated heterocycles. The molecule has 0 atom stereocenters. The average Bonchev–Trinajstić information content (AvgIpc) is 2.26. The summed E-state index contributed by atoms with van der Waals surface area (Å²) >= 11 is 0. The van der Waals surface area contributed by atoms with Crippen molar-refractivity contribution >= 4 is 22.1 Å². The fourth-order valence-corrected chi connectivity index (χ4v) is 1.62. The van der Waals surface area contributed by atoms with E-state index < -0.39 is 0 Å². The predicted octanol–water partition coefficient (Wildman–Crippen LogP) is 2.69. The molecule has 2 aromatic carbocycles. The summed E-state index contributed by atoms with van der Waals surface area (Å²) in [5.74, 6) is 0. The number of benzene rings is 1. The maximum absolute atomic E-state index is 4.52. The van der Waals surface area contributed by atoms with Gasteiger partial charge in [0.2, 0.25) is 0 Å². The molecule has 0 aliphatic carbocycles. The van der Waals surface area contributed by atoms with Crippen molar-refractivity contribution in [3.63, 3.8) is 0 Å². The van der Waals surface area contributed by atoms with Crippen LogP contribution in [0.5, 0.6) is 0 Å². The molecule has 0 fully saturated rings. The monoisotopic (exact) mass is 192 g/mol. The van der Waals surface area contributed by atoms with Gasteiger partial charge >= 0.3 is 0 Å². The van der Waals surface area contributed by atoms with Crippen molar-refractivity contribution in [1.82, 2.24) is 9.97 Å². The maximum Gasteiger partial charge on any atom is 0.0984 e. The summed E-state index contributed by atoms with van der Waals surface area (Å²) in [7, 11) is 0. The summed E-state index contributed by atoms with van der Waals surface area (Å²) in [6.07, 6.45) is 0. The summed E-state index contributed by atoms with van der Waals surface area (Å²) in [6, 6.07) is 15.5. The van der Waals surface area contributed by atoms with Crippen molar-refractivity contribution in [2.45, 2.75) is 6.92 Å². The summed E-state index contributed by atoms with van der Waals surface area (Å²) in [4.78, 5) is 9.03. The van der Waals surface area contributed by atoms with Crippen LogP contribution >= 0.6 is 0 Å². The van der Waals surface area contributed by atoms with Crippen molar-refractivity contribution in [2.24, 2.45) is 0 Å². The molecule has 2 nitrogen and oxygen atoms in total. The Balaban J connectivity index is 2.47. The van der Waals surface area contributed by atoms with Gasteiger partial charge < -0.3 is 0 Å². The van der Waals surface area contributed by atoms with Crippen LogP contribution in [0.15, 0.2) is 30.3 Å². The molecule has 70 valence electrons. The van der Waals surface area contributed by atoms with Crippen LogP contribution in [0.4, 0.5) is 0 Å². The fourth-order valence-electron chi connectivity index (χ4n) is 1.62. The van der Waals surface area contributed by atoms with Gasteiger partial charge in [-0.1, -0.05) is 18.2 Å². The van der Waals surface area contributed by atoms with E-state index >= 15 is 0 Å². The Labute approximate surface area is 87.6 Å². The second kappa shape index (κ2) is 2.93. The van der Waals surface area contributed by atoms with Gasteiger partial charge in [-0.15, -0.1) is 0 Å². The van der Waals surface area contributed by atoms with Gasteiger partial charge in [-0.25, -0.2) is 9.97 Å². The molecule has 3 aromatic rings. The van der Waals surface area contributed by atoms with Gasteiger partial charge in [-0.3, -0.25) is 0 Å². The Morgan fingerprint density at radius 1 is 0.867 bits per heavy atom. The standard InChI is InChI=1S/C13H8N2/c1-9-6-7-12-13(8-9)15-11-5-3-2-4-10(11)14-12/h4-8H,1H3. The molecule has 0 saturated carbocycles. The highest BCUT2D eigenvalue weighted by Crippen LogP contribution is 2.15. The molecule has 3 rings (SSSR count). The van der Waals surface area contributed by atoms with Gasteiger partial charge in [0.25, 0.3) is 0 Å². The molecule has 0 N–H and O–H groups in total. The lowest BCUT2D eigenvalue weighted by molar-refractivity contribution is 1.37. The molecule has 0 amide bonds. The Kier molecular flexibility index (Phi) is 1.60. The van der Waals surface area contributed by atoms with E-state index in [1.54, 1.807) is 0 Å². The quantitative estimate of drug-likeness (QED) is 0.547. The van der Waals surface area contributed by atoms with E-state index in [0.717, 1.165) is 22.1 Å². The molecular formula is C13H8N2. The van der Waals surface area contributed by atoms with Gasteiger partial charge in [0.15, 0.2) is 0 Å². The molecule has 1 heterocycles. The lowest BCUT2D eigenvalue weighted by Gasteiger charge is -1.99. The third kappa shape index (κ3) is 1.29. The number of rotatable bonds is 0. The highest BCUT2D eigenvalue weighted by Gasteiger charge is 1.99. The Morgan fingerprint density at radius 3 is 2.27 bits per heavy atom. The van der Waals surface area contributed by atoms with Gasteiger partial charge in [-0.2, -0.15) is 0 Å². The van der Waals surface area contributed by atoms with Gasteiger partial charge in [0, 0.05) is 12.1 Å². The second-order valence-corrected chi connectivity index (χ2v) is 3.56. The van der Waals surface area contributed by atoms with Crippen LogP contribution in [0.2, 0.25) is 0 Å². The van der Waals surface area contributed by atoms with Crippen LogP contribution in [0.3, 0.4) is 0 Å². The van der Waals surface area contributed by atoms with Crippen LogP contribution < -0.4 is 0 Å². The summed E-state index contributed by atoms with van der Waals surface area (Å²) in [5.41, 5.74) is 4.79. The molecule has 0 unspecified atom stereocenters. The number of aromatic nitrogens is 2. The zero-order chi connectivity index (χ0) is 10.3. The molecule has 1 aromatic heterocycles. The van der Waals surface area contributed by atoms with E-state index in [0.29, 0.717) is 0 Å². The van der Waals surface area contributed by atoms with E-state index in [2.05, 4.69) is 29.0 Å². The normalized spacial score (nSPS) is 10.5. The number of aryl methyl sites for hydroxylation is 1. The minimum atomic E-state index is 0.866. The zero-order valence-corrected chi connectivity index (χ0v) is 8.28. The molecule has 0 aliphatic rings. The lowest BCUT2D eigenvalue weighted by Crippen LogP contribution is -1.86. The van der Waals surface area contributed by atoms with E-state index in [-0.39, 0.29) is 0 Å². The van der Waals surface area contributed by atoms with Crippen molar-refractivity contribution in [3.8, 4) is 0 Å². The first-order valence-corrected chi connectivity index (χ1v) is 4.79. The Hall–Kier alpha value is -2.14. The molecule has 15 heavy (non-hydrogen) atoms. The van der Waals surface area contributed by atoms with Crippen molar-refractivity contribution in [1.29, 1.82) is 0 Å². The second-order valence-electron chi connectivity index (χ2n) is 3.56. The third-order valence-corrected chi connectivity index (χ3v) is 2.38. The van der Waals surface area contributed by atoms with Crippen LogP contribution in [-0.2, 0) is 0 Å². The smallest absolute Gasteiger partial charge is 0.0984 e. The molecule has 0 radical (unpaired) electrons. The lowest BCUT2D eigenvalue weighted by atomic mass is 10.2. The molecular weight excluding hydrogens is 184 g/mol. The van der Waals surface area contributed by atoms with Gasteiger partial charge in [0.05, 0.1) is 22.1 Å². The Morgan fingerprint density at radius 2 is 1.53 bits per heavy atom. The third-order valence-electron chi connectivity index (χ3n) is 2.38. The summed E-state index contributed by atoms with van der Waals surface area (Å²) in [6.45, 7) is 2.05. The zero-order valence-electron chi connectivity index (χ0n) is 8.28. The highest BCUT2D eigenvalue weighted by molar-refractivity contribution is 5.85. The predicted molar refractivity (Wildman–Crippen MR) is 59.5 cm³/mol. The van der Waals surface area contributed by atoms with Crippen molar-refractivity contribution in [3.05, 3.63) is 48.0 Å². The van der Waals surface area contributed by atoms with E-state index in [4.69, 9.17) is 0 Å². The Bertz CT molecular complexity index is 644. The number of hydrogen-bond donors (Lipinski definition) is 0. The van der Waals surface area contributed by atoms with Crippen molar-refractivity contribution in [2.75, 3.05) is 0 Å². The van der Waals surface area contributed by atoms with Crippen LogP contribution in [0.1, 0.15) is 5.56 Å².